The summed E-state index contributed by atoms with van der Waals surface area (Å²) in [5.74, 6) is 1.20. The number of hydrogen-bond acceptors (Lipinski definition) is 2. The molecule has 2 nitrogen and oxygen atoms in total. The van der Waals surface area contributed by atoms with Gasteiger partial charge in [-0.3, -0.25) is 0 Å². The molecule has 1 unspecified atom stereocenters. The molecule has 1 atom stereocenters. The molecule has 0 saturated heterocycles. The summed E-state index contributed by atoms with van der Waals surface area (Å²) in [7, 11) is 0. The average Bonchev–Trinajstić information content (AvgIpc) is 1.90. The van der Waals surface area contributed by atoms with E-state index >= 15 is 0 Å². The van der Waals surface area contributed by atoms with Gasteiger partial charge >= 0.3 is 0 Å². The van der Waals surface area contributed by atoms with E-state index in [1.807, 2.05) is 0 Å². The second kappa shape index (κ2) is 4.77. The molecule has 0 aromatic rings. The molecule has 0 radical (unpaired) electrons. The second-order valence-corrected chi connectivity index (χ2v) is 2.62. The molecule has 0 spiro atoms. The van der Waals surface area contributed by atoms with Crippen LogP contribution in [0.15, 0.2) is 0 Å². The molecule has 2 heteroatoms. The zero-order chi connectivity index (χ0) is 7.28. The van der Waals surface area contributed by atoms with Crippen LogP contribution in [0.3, 0.4) is 0 Å². The molecule has 0 amide bonds. The normalized spacial score (nSPS) is 14.3. The SMILES string of the molecule is CCC(C)C(CN)CN. The quantitative estimate of drug-likeness (QED) is 0.584. The summed E-state index contributed by atoms with van der Waals surface area (Å²) in [6.45, 7) is 5.82. The molecular weight excluding hydrogens is 112 g/mol. The Morgan fingerprint density at radius 1 is 1.22 bits per heavy atom. The lowest BCUT2D eigenvalue weighted by atomic mass is 9.92. The van der Waals surface area contributed by atoms with Crippen molar-refractivity contribution in [3.8, 4) is 0 Å². The molecule has 0 saturated carbocycles. The summed E-state index contributed by atoms with van der Waals surface area (Å²) in [5.41, 5.74) is 11.0. The van der Waals surface area contributed by atoms with Crippen molar-refractivity contribution in [1.82, 2.24) is 0 Å². The van der Waals surface area contributed by atoms with Crippen molar-refractivity contribution in [2.24, 2.45) is 23.3 Å². The minimum absolute atomic E-state index is 0.523. The summed E-state index contributed by atoms with van der Waals surface area (Å²) in [4.78, 5) is 0. The summed E-state index contributed by atoms with van der Waals surface area (Å²) >= 11 is 0. The van der Waals surface area contributed by atoms with Crippen LogP contribution in [0.4, 0.5) is 0 Å². The van der Waals surface area contributed by atoms with Crippen molar-refractivity contribution >= 4 is 0 Å². The maximum absolute atomic E-state index is 5.48. The lowest BCUT2D eigenvalue weighted by Gasteiger charge is -2.18. The van der Waals surface area contributed by atoms with Crippen LogP contribution in [0.25, 0.3) is 0 Å². The van der Waals surface area contributed by atoms with Crippen molar-refractivity contribution in [2.45, 2.75) is 20.3 Å². The zero-order valence-corrected chi connectivity index (χ0v) is 6.43. The minimum Gasteiger partial charge on any atom is -0.330 e. The third-order valence-electron chi connectivity index (χ3n) is 2.05. The van der Waals surface area contributed by atoms with E-state index in [4.69, 9.17) is 11.5 Å². The molecule has 0 aliphatic heterocycles. The standard InChI is InChI=1S/C7H18N2/c1-3-6(2)7(4-8)5-9/h6-7H,3-5,8-9H2,1-2H3. The van der Waals surface area contributed by atoms with E-state index in [0.717, 1.165) is 13.1 Å². The first kappa shape index (κ1) is 8.92. The van der Waals surface area contributed by atoms with Gasteiger partial charge in [0.2, 0.25) is 0 Å². The molecule has 0 aromatic heterocycles. The van der Waals surface area contributed by atoms with Gasteiger partial charge in [-0.15, -0.1) is 0 Å². The first-order valence-electron chi connectivity index (χ1n) is 3.66. The number of hydrogen-bond donors (Lipinski definition) is 2. The molecule has 0 heterocycles. The Morgan fingerprint density at radius 3 is 1.78 bits per heavy atom. The van der Waals surface area contributed by atoms with Gasteiger partial charge in [-0.1, -0.05) is 20.3 Å². The third kappa shape index (κ3) is 2.82. The maximum Gasteiger partial charge on any atom is -0.00342 e. The van der Waals surface area contributed by atoms with Crippen LogP contribution in [-0.2, 0) is 0 Å². The van der Waals surface area contributed by atoms with Gasteiger partial charge in [-0.25, -0.2) is 0 Å². The Bertz CT molecular complexity index is 59.9. The monoisotopic (exact) mass is 130 g/mol. The van der Waals surface area contributed by atoms with Crippen molar-refractivity contribution in [2.75, 3.05) is 13.1 Å². The topological polar surface area (TPSA) is 52.0 Å². The largest absolute Gasteiger partial charge is 0.330 e. The van der Waals surface area contributed by atoms with Gasteiger partial charge in [0.1, 0.15) is 0 Å². The first-order valence-corrected chi connectivity index (χ1v) is 3.66. The molecule has 0 bridgehead atoms. The van der Waals surface area contributed by atoms with Gasteiger partial charge in [0.05, 0.1) is 0 Å². The van der Waals surface area contributed by atoms with E-state index in [1.165, 1.54) is 6.42 Å². The molecule has 56 valence electrons. The van der Waals surface area contributed by atoms with Crippen molar-refractivity contribution in [3.05, 3.63) is 0 Å². The third-order valence-corrected chi connectivity index (χ3v) is 2.05. The van der Waals surface area contributed by atoms with Gasteiger partial charge in [-0.05, 0) is 24.9 Å². The lowest BCUT2D eigenvalue weighted by Crippen LogP contribution is -2.28. The van der Waals surface area contributed by atoms with Crippen LogP contribution >= 0.6 is 0 Å². The van der Waals surface area contributed by atoms with Gasteiger partial charge in [0.15, 0.2) is 0 Å². The highest BCUT2D eigenvalue weighted by Crippen LogP contribution is 2.11. The van der Waals surface area contributed by atoms with Crippen LogP contribution in [0.5, 0.6) is 0 Å². The Morgan fingerprint density at radius 2 is 1.67 bits per heavy atom. The van der Waals surface area contributed by atoms with E-state index in [9.17, 15) is 0 Å². The Kier molecular flexibility index (Phi) is 4.72. The molecule has 0 aliphatic carbocycles. The summed E-state index contributed by atoms with van der Waals surface area (Å²) in [6.07, 6.45) is 1.18. The van der Waals surface area contributed by atoms with Crippen molar-refractivity contribution in [1.29, 1.82) is 0 Å². The van der Waals surface area contributed by atoms with Gasteiger partial charge in [-0.2, -0.15) is 0 Å². The Labute approximate surface area is 57.6 Å². The summed E-state index contributed by atoms with van der Waals surface area (Å²) in [5, 5.41) is 0. The molecule has 0 rings (SSSR count). The molecule has 4 N–H and O–H groups in total. The minimum atomic E-state index is 0.523. The van der Waals surface area contributed by atoms with Crippen LogP contribution < -0.4 is 11.5 Å². The highest BCUT2D eigenvalue weighted by molar-refractivity contribution is 4.65. The highest BCUT2D eigenvalue weighted by atomic mass is 14.6. The van der Waals surface area contributed by atoms with Gasteiger partial charge in [0, 0.05) is 0 Å². The molecular formula is C7H18N2. The summed E-state index contributed by atoms with van der Waals surface area (Å²) < 4.78 is 0. The van der Waals surface area contributed by atoms with E-state index in [2.05, 4.69) is 13.8 Å². The fourth-order valence-corrected chi connectivity index (χ4v) is 0.894. The summed E-state index contributed by atoms with van der Waals surface area (Å²) in [6, 6.07) is 0. The number of nitrogens with two attached hydrogens (primary N) is 2. The molecule has 0 aliphatic rings. The van der Waals surface area contributed by atoms with Crippen molar-refractivity contribution < 1.29 is 0 Å². The molecule has 0 aromatic carbocycles. The maximum atomic E-state index is 5.48. The van der Waals surface area contributed by atoms with E-state index in [0.29, 0.717) is 11.8 Å². The molecule has 9 heavy (non-hydrogen) atoms. The van der Waals surface area contributed by atoms with Crippen LogP contribution in [0.1, 0.15) is 20.3 Å². The second-order valence-electron chi connectivity index (χ2n) is 2.62. The van der Waals surface area contributed by atoms with Gasteiger partial charge < -0.3 is 11.5 Å². The van der Waals surface area contributed by atoms with Crippen LogP contribution in [0, 0.1) is 11.8 Å². The Balaban J connectivity index is 3.50. The van der Waals surface area contributed by atoms with E-state index in [-0.39, 0.29) is 0 Å². The van der Waals surface area contributed by atoms with Crippen LogP contribution in [0.2, 0.25) is 0 Å². The van der Waals surface area contributed by atoms with E-state index < -0.39 is 0 Å². The Hall–Kier alpha value is -0.0800. The fourth-order valence-electron chi connectivity index (χ4n) is 0.894. The first-order chi connectivity index (χ1) is 4.26. The average molecular weight is 130 g/mol. The fraction of sp³-hybridized carbons (Fsp3) is 1.00. The predicted molar refractivity (Wildman–Crippen MR) is 41.1 cm³/mol. The zero-order valence-electron chi connectivity index (χ0n) is 6.43. The van der Waals surface area contributed by atoms with E-state index in [1.54, 1.807) is 0 Å². The highest BCUT2D eigenvalue weighted by Gasteiger charge is 2.10. The lowest BCUT2D eigenvalue weighted by molar-refractivity contribution is 0.365. The van der Waals surface area contributed by atoms with Crippen molar-refractivity contribution in [3.63, 3.8) is 0 Å². The molecule has 0 fully saturated rings. The van der Waals surface area contributed by atoms with Crippen LogP contribution in [-0.4, -0.2) is 13.1 Å². The number of rotatable bonds is 4. The smallest absolute Gasteiger partial charge is 0.00342 e. The van der Waals surface area contributed by atoms with Gasteiger partial charge in [0.25, 0.3) is 0 Å². The predicted octanol–water partition coefficient (Wildman–Crippen LogP) is 0.566.